The molecule has 2 aliphatic rings. The fraction of sp³-hybridized carbons (Fsp3) is 0.895. The van der Waals surface area contributed by atoms with Gasteiger partial charge in [-0.05, 0) is 39.0 Å². The lowest BCUT2D eigenvalue weighted by Gasteiger charge is -2.21. The zero-order valence-electron chi connectivity index (χ0n) is 15.9. The Morgan fingerprint density at radius 1 is 1.15 bits per heavy atom. The van der Waals surface area contributed by atoms with E-state index < -0.39 is 12.1 Å². The standard InChI is InChI=1S/C19H33NO6/c1-15(25-13-17-9-5-11-24-17)19(22)26-14-18(21)20-10-6-12-23-16-7-3-2-4-8-16/h15-17H,2-14H2,1H3,(H,20,21). The maximum Gasteiger partial charge on any atom is 0.335 e. The maximum atomic E-state index is 11.8. The fourth-order valence-corrected chi connectivity index (χ4v) is 3.18. The van der Waals surface area contributed by atoms with Crippen molar-refractivity contribution in [2.45, 2.75) is 76.6 Å². The van der Waals surface area contributed by atoms with Gasteiger partial charge >= 0.3 is 5.97 Å². The van der Waals surface area contributed by atoms with Gasteiger partial charge in [-0.1, -0.05) is 19.3 Å². The summed E-state index contributed by atoms with van der Waals surface area (Å²) in [6.07, 6.45) is 8.60. The van der Waals surface area contributed by atoms with Gasteiger partial charge < -0.3 is 24.3 Å². The molecule has 150 valence electrons. The number of rotatable bonds is 11. The Morgan fingerprint density at radius 3 is 2.69 bits per heavy atom. The zero-order valence-corrected chi connectivity index (χ0v) is 15.9. The van der Waals surface area contributed by atoms with Crippen LogP contribution in [0.1, 0.15) is 58.3 Å². The number of hydrogen-bond acceptors (Lipinski definition) is 6. The van der Waals surface area contributed by atoms with Crippen molar-refractivity contribution in [3.8, 4) is 0 Å². The topological polar surface area (TPSA) is 83.1 Å². The van der Waals surface area contributed by atoms with E-state index in [9.17, 15) is 9.59 Å². The van der Waals surface area contributed by atoms with Gasteiger partial charge in [0.1, 0.15) is 0 Å². The van der Waals surface area contributed by atoms with Crippen LogP contribution in [0.15, 0.2) is 0 Å². The third-order valence-electron chi connectivity index (χ3n) is 4.78. The Hall–Kier alpha value is -1.18. The van der Waals surface area contributed by atoms with Crippen LogP contribution in [-0.2, 0) is 28.5 Å². The summed E-state index contributed by atoms with van der Waals surface area (Å²) in [5.41, 5.74) is 0. The van der Waals surface area contributed by atoms with Crippen molar-refractivity contribution >= 4 is 11.9 Å². The van der Waals surface area contributed by atoms with Crippen LogP contribution in [0.25, 0.3) is 0 Å². The molecule has 2 fully saturated rings. The summed E-state index contributed by atoms with van der Waals surface area (Å²) in [4.78, 5) is 23.5. The average Bonchev–Trinajstić information content (AvgIpc) is 3.18. The van der Waals surface area contributed by atoms with Crippen molar-refractivity contribution in [3.05, 3.63) is 0 Å². The van der Waals surface area contributed by atoms with E-state index in [1.54, 1.807) is 6.92 Å². The maximum absolute atomic E-state index is 11.8. The van der Waals surface area contributed by atoms with Crippen molar-refractivity contribution in [2.75, 3.05) is 33.0 Å². The molecule has 2 unspecified atom stereocenters. The van der Waals surface area contributed by atoms with Crippen molar-refractivity contribution in [2.24, 2.45) is 0 Å². The number of carbonyl (C=O) groups is 2. The van der Waals surface area contributed by atoms with E-state index in [0.717, 1.165) is 38.7 Å². The van der Waals surface area contributed by atoms with Gasteiger partial charge in [0.15, 0.2) is 12.7 Å². The number of ether oxygens (including phenoxy) is 4. The van der Waals surface area contributed by atoms with Crippen LogP contribution in [0.4, 0.5) is 0 Å². The normalized spacial score (nSPS) is 22.1. The SMILES string of the molecule is CC(OCC1CCCO1)C(=O)OCC(=O)NCCCOC1CCCCC1. The van der Waals surface area contributed by atoms with Gasteiger partial charge in [0, 0.05) is 19.8 Å². The molecule has 0 aromatic rings. The molecule has 0 spiro atoms. The zero-order chi connectivity index (χ0) is 18.6. The van der Waals surface area contributed by atoms with E-state index in [-0.39, 0.29) is 18.6 Å². The smallest absolute Gasteiger partial charge is 0.335 e. The molecule has 1 heterocycles. The predicted molar refractivity (Wildman–Crippen MR) is 95.8 cm³/mol. The van der Waals surface area contributed by atoms with Gasteiger partial charge in [-0.2, -0.15) is 0 Å². The molecule has 1 amide bonds. The minimum atomic E-state index is -0.698. The second-order valence-corrected chi connectivity index (χ2v) is 7.05. The first-order valence-electron chi connectivity index (χ1n) is 9.93. The van der Waals surface area contributed by atoms with Crippen LogP contribution in [-0.4, -0.2) is 63.2 Å². The number of hydrogen-bond donors (Lipinski definition) is 1. The molecule has 1 saturated carbocycles. The monoisotopic (exact) mass is 371 g/mol. The fourth-order valence-electron chi connectivity index (χ4n) is 3.18. The molecule has 7 heteroatoms. The Balaban J connectivity index is 1.44. The van der Waals surface area contributed by atoms with Crippen LogP contribution >= 0.6 is 0 Å². The first-order valence-corrected chi connectivity index (χ1v) is 9.93. The summed E-state index contributed by atoms with van der Waals surface area (Å²) in [6.45, 7) is 3.64. The van der Waals surface area contributed by atoms with Crippen molar-refractivity contribution in [3.63, 3.8) is 0 Å². The molecule has 1 saturated heterocycles. The molecule has 7 nitrogen and oxygen atoms in total. The summed E-state index contributed by atoms with van der Waals surface area (Å²) < 4.78 is 21.7. The third kappa shape index (κ3) is 8.47. The second kappa shape index (κ2) is 12.3. The van der Waals surface area contributed by atoms with Gasteiger partial charge in [-0.3, -0.25) is 4.79 Å². The lowest BCUT2D eigenvalue weighted by atomic mass is 9.98. The number of carbonyl (C=O) groups excluding carboxylic acids is 2. The highest BCUT2D eigenvalue weighted by Gasteiger charge is 2.21. The van der Waals surface area contributed by atoms with E-state index >= 15 is 0 Å². The van der Waals surface area contributed by atoms with E-state index in [0.29, 0.717) is 25.9 Å². The Bertz CT molecular complexity index is 418. The number of esters is 1. The van der Waals surface area contributed by atoms with Gasteiger partial charge in [0.05, 0.1) is 18.8 Å². The van der Waals surface area contributed by atoms with Crippen LogP contribution in [0.3, 0.4) is 0 Å². The molecular formula is C19H33NO6. The summed E-state index contributed by atoms with van der Waals surface area (Å²) in [5, 5.41) is 2.73. The average molecular weight is 371 g/mol. The Kier molecular flexibility index (Phi) is 9.95. The number of amides is 1. The first kappa shape index (κ1) is 21.1. The Labute approximate surface area is 156 Å². The van der Waals surface area contributed by atoms with Gasteiger partial charge in [-0.25, -0.2) is 4.79 Å². The molecule has 1 N–H and O–H groups in total. The van der Waals surface area contributed by atoms with E-state index in [2.05, 4.69) is 5.32 Å². The van der Waals surface area contributed by atoms with E-state index in [1.165, 1.54) is 19.3 Å². The minimum Gasteiger partial charge on any atom is -0.454 e. The quantitative estimate of drug-likeness (QED) is 0.442. The Morgan fingerprint density at radius 2 is 1.96 bits per heavy atom. The van der Waals surface area contributed by atoms with Crippen molar-refractivity contribution < 1.29 is 28.5 Å². The third-order valence-corrected chi connectivity index (χ3v) is 4.78. The van der Waals surface area contributed by atoms with E-state index in [4.69, 9.17) is 18.9 Å². The molecule has 0 radical (unpaired) electrons. The predicted octanol–water partition coefficient (Wildman–Crippen LogP) is 1.97. The van der Waals surface area contributed by atoms with Crippen molar-refractivity contribution in [1.29, 1.82) is 0 Å². The minimum absolute atomic E-state index is 0.0596. The molecule has 1 aliphatic carbocycles. The summed E-state index contributed by atoms with van der Waals surface area (Å²) >= 11 is 0. The highest BCUT2D eigenvalue weighted by atomic mass is 16.6. The van der Waals surface area contributed by atoms with Gasteiger partial charge in [0.2, 0.25) is 0 Å². The first-order chi connectivity index (χ1) is 12.6. The summed E-state index contributed by atoms with van der Waals surface area (Å²) in [6, 6.07) is 0. The molecule has 2 atom stereocenters. The number of nitrogens with one attached hydrogen (secondary N) is 1. The van der Waals surface area contributed by atoms with Crippen LogP contribution < -0.4 is 5.32 Å². The summed E-state index contributed by atoms with van der Waals surface area (Å²) in [7, 11) is 0. The molecule has 26 heavy (non-hydrogen) atoms. The molecule has 2 rings (SSSR count). The highest BCUT2D eigenvalue weighted by Crippen LogP contribution is 2.20. The van der Waals surface area contributed by atoms with Crippen molar-refractivity contribution in [1.82, 2.24) is 5.32 Å². The molecule has 1 aliphatic heterocycles. The van der Waals surface area contributed by atoms with Crippen LogP contribution in [0.2, 0.25) is 0 Å². The molecule has 0 aromatic heterocycles. The summed E-state index contributed by atoms with van der Waals surface area (Å²) in [5.74, 6) is -0.832. The van der Waals surface area contributed by atoms with Gasteiger partial charge in [-0.15, -0.1) is 0 Å². The molecular weight excluding hydrogens is 338 g/mol. The lowest BCUT2D eigenvalue weighted by Crippen LogP contribution is -2.33. The second-order valence-electron chi connectivity index (χ2n) is 7.05. The van der Waals surface area contributed by atoms with Crippen LogP contribution in [0.5, 0.6) is 0 Å². The molecule has 0 aromatic carbocycles. The largest absolute Gasteiger partial charge is 0.454 e. The van der Waals surface area contributed by atoms with Gasteiger partial charge in [0.25, 0.3) is 5.91 Å². The van der Waals surface area contributed by atoms with E-state index in [1.807, 2.05) is 0 Å². The molecule has 0 bridgehead atoms. The highest BCUT2D eigenvalue weighted by molar-refractivity contribution is 5.81. The van der Waals surface area contributed by atoms with Crippen LogP contribution in [0, 0.1) is 0 Å². The lowest BCUT2D eigenvalue weighted by molar-refractivity contribution is -0.160.